The van der Waals surface area contributed by atoms with Gasteiger partial charge in [0.25, 0.3) is 15.9 Å². The summed E-state index contributed by atoms with van der Waals surface area (Å²) in [5.74, 6) is 0.556. The van der Waals surface area contributed by atoms with E-state index in [-0.39, 0.29) is 10.5 Å². The number of nitrogens with one attached hydrogen (secondary N) is 2. The smallest absolute Gasteiger partial charge is 0.262 e. The molecular weight excluding hydrogens is 380 g/mol. The van der Waals surface area contributed by atoms with Crippen LogP contribution in [0.2, 0.25) is 0 Å². The second-order valence-electron chi connectivity index (χ2n) is 6.14. The molecule has 2 aromatic carbocycles. The van der Waals surface area contributed by atoms with Crippen LogP contribution in [0.15, 0.2) is 59.6 Å². The number of hydrogen-bond donors (Lipinski definition) is 2. The fraction of sp³-hybridized carbons (Fsp3) is 0.158. The third-order valence-electron chi connectivity index (χ3n) is 4.04. The summed E-state index contributed by atoms with van der Waals surface area (Å²) in [4.78, 5) is 12.5. The van der Waals surface area contributed by atoms with Gasteiger partial charge in [-0.15, -0.1) is 0 Å². The molecule has 0 fully saturated rings. The normalized spacial score (nSPS) is 11.1. The molecule has 0 saturated heterocycles. The first kappa shape index (κ1) is 19.4. The minimum Gasteiger partial charge on any atom is -0.497 e. The summed E-state index contributed by atoms with van der Waals surface area (Å²) in [5.41, 5.74) is 1.13. The number of ether oxygens (including phenoxy) is 1. The molecule has 3 aromatic rings. The zero-order chi connectivity index (χ0) is 20.3. The number of carbonyl (C=O) groups is 1. The van der Waals surface area contributed by atoms with E-state index in [0.29, 0.717) is 22.8 Å². The molecule has 0 unspecified atom stereocenters. The summed E-state index contributed by atoms with van der Waals surface area (Å²) in [6.45, 7) is 1.67. The zero-order valence-electron chi connectivity index (χ0n) is 15.6. The molecule has 0 radical (unpaired) electrons. The predicted molar refractivity (Wildman–Crippen MR) is 106 cm³/mol. The van der Waals surface area contributed by atoms with Crippen molar-refractivity contribution in [3.63, 3.8) is 0 Å². The van der Waals surface area contributed by atoms with Crippen molar-refractivity contribution in [3.8, 4) is 5.75 Å². The largest absolute Gasteiger partial charge is 0.497 e. The number of aromatic nitrogens is 2. The number of amides is 1. The van der Waals surface area contributed by atoms with Crippen LogP contribution < -0.4 is 14.8 Å². The molecule has 0 saturated carbocycles. The van der Waals surface area contributed by atoms with Gasteiger partial charge in [0, 0.05) is 30.6 Å². The highest BCUT2D eigenvalue weighted by molar-refractivity contribution is 7.92. The van der Waals surface area contributed by atoms with Gasteiger partial charge in [0.2, 0.25) is 0 Å². The minimum absolute atomic E-state index is 0.0250. The van der Waals surface area contributed by atoms with Gasteiger partial charge in [-0.2, -0.15) is 5.10 Å². The highest BCUT2D eigenvalue weighted by Gasteiger charge is 2.20. The zero-order valence-corrected chi connectivity index (χ0v) is 16.4. The highest BCUT2D eigenvalue weighted by atomic mass is 32.2. The summed E-state index contributed by atoms with van der Waals surface area (Å²) in [7, 11) is -0.614. The first-order valence-corrected chi connectivity index (χ1v) is 9.85. The molecule has 28 heavy (non-hydrogen) atoms. The van der Waals surface area contributed by atoms with Crippen LogP contribution >= 0.6 is 0 Å². The molecule has 1 heterocycles. The average Bonchev–Trinajstić information content (AvgIpc) is 3.07. The number of methoxy groups -OCH3 is 1. The van der Waals surface area contributed by atoms with Gasteiger partial charge < -0.3 is 10.1 Å². The number of benzene rings is 2. The molecule has 0 aliphatic carbocycles. The Morgan fingerprint density at radius 3 is 2.43 bits per heavy atom. The Labute approximate surface area is 163 Å². The number of sulfonamides is 1. The lowest BCUT2D eigenvalue weighted by atomic mass is 10.1. The Balaban J connectivity index is 1.85. The third kappa shape index (κ3) is 4.32. The number of carbonyl (C=O) groups excluding carboxylic acids is 1. The highest BCUT2D eigenvalue weighted by Crippen LogP contribution is 2.23. The first-order chi connectivity index (χ1) is 13.3. The minimum atomic E-state index is -3.88. The van der Waals surface area contributed by atoms with E-state index in [2.05, 4.69) is 15.1 Å². The van der Waals surface area contributed by atoms with Crippen LogP contribution in [0.1, 0.15) is 15.9 Å². The van der Waals surface area contributed by atoms with Crippen molar-refractivity contribution in [2.45, 2.75) is 11.8 Å². The Hall–Kier alpha value is -3.33. The molecule has 0 atom stereocenters. The summed E-state index contributed by atoms with van der Waals surface area (Å²) in [6, 6.07) is 12.7. The Morgan fingerprint density at radius 2 is 1.82 bits per heavy atom. The Kier molecular flexibility index (Phi) is 5.36. The molecule has 0 spiro atoms. The van der Waals surface area contributed by atoms with Crippen LogP contribution in [-0.4, -0.2) is 31.2 Å². The van der Waals surface area contributed by atoms with Crippen LogP contribution in [0.3, 0.4) is 0 Å². The SMILES string of the molecule is COc1ccc(NS(=O)(=O)c2cc(C(=O)Nc3ccn(C)n3)ccc2C)cc1. The van der Waals surface area contributed by atoms with Crippen LogP contribution in [0.4, 0.5) is 11.5 Å². The maximum absolute atomic E-state index is 12.8. The van der Waals surface area contributed by atoms with Gasteiger partial charge >= 0.3 is 0 Å². The molecule has 0 aliphatic heterocycles. The van der Waals surface area contributed by atoms with Gasteiger partial charge in [0.1, 0.15) is 5.75 Å². The number of nitrogens with zero attached hydrogens (tertiary/aromatic N) is 2. The lowest BCUT2D eigenvalue weighted by molar-refractivity contribution is 0.102. The molecule has 0 bridgehead atoms. The predicted octanol–water partition coefficient (Wildman–Crippen LogP) is 2.79. The molecule has 2 N–H and O–H groups in total. The number of anilines is 2. The van der Waals surface area contributed by atoms with Crippen molar-refractivity contribution in [2.24, 2.45) is 7.05 Å². The summed E-state index contributed by atoms with van der Waals surface area (Å²) >= 11 is 0. The molecule has 146 valence electrons. The molecule has 1 amide bonds. The Morgan fingerprint density at radius 1 is 1.11 bits per heavy atom. The summed E-state index contributed by atoms with van der Waals surface area (Å²) < 4.78 is 34.8. The van der Waals surface area contributed by atoms with E-state index in [1.54, 1.807) is 67.3 Å². The van der Waals surface area contributed by atoms with Crippen molar-refractivity contribution in [2.75, 3.05) is 17.1 Å². The van der Waals surface area contributed by atoms with Crippen molar-refractivity contribution in [1.82, 2.24) is 9.78 Å². The van der Waals surface area contributed by atoms with Crippen LogP contribution in [-0.2, 0) is 17.1 Å². The second kappa shape index (κ2) is 7.73. The van der Waals surface area contributed by atoms with Crippen molar-refractivity contribution < 1.29 is 17.9 Å². The lowest BCUT2D eigenvalue weighted by Crippen LogP contribution is -2.17. The summed E-state index contributed by atoms with van der Waals surface area (Å²) in [6.07, 6.45) is 1.69. The van der Waals surface area contributed by atoms with E-state index in [1.165, 1.54) is 13.2 Å². The molecule has 9 heteroatoms. The van der Waals surface area contributed by atoms with Crippen molar-refractivity contribution >= 4 is 27.4 Å². The standard InChI is InChI=1S/C19H20N4O4S/c1-13-4-5-14(19(24)20-18-10-11-23(2)21-18)12-17(13)28(25,26)22-15-6-8-16(27-3)9-7-15/h4-12,22H,1-3H3,(H,20,21,24). The van der Waals surface area contributed by atoms with E-state index in [0.717, 1.165) is 0 Å². The molecular formula is C19H20N4O4S. The maximum Gasteiger partial charge on any atom is 0.262 e. The van der Waals surface area contributed by atoms with E-state index < -0.39 is 15.9 Å². The molecule has 8 nitrogen and oxygen atoms in total. The van der Waals surface area contributed by atoms with E-state index in [9.17, 15) is 13.2 Å². The van der Waals surface area contributed by atoms with Gasteiger partial charge in [0.05, 0.1) is 12.0 Å². The first-order valence-electron chi connectivity index (χ1n) is 8.37. The van der Waals surface area contributed by atoms with E-state index in [1.807, 2.05) is 0 Å². The van der Waals surface area contributed by atoms with Crippen molar-refractivity contribution in [1.29, 1.82) is 0 Å². The third-order valence-corrected chi connectivity index (χ3v) is 5.56. The van der Waals surface area contributed by atoms with E-state index >= 15 is 0 Å². The fourth-order valence-corrected chi connectivity index (χ4v) is 3.90. The fourth-order valence-electron chi connectivity index (χ4n) is 2.57. The summed E-state index contributed by atoms with van der Waals surface area (Å²) in [5, 5.41) is 6.72. The van der Waals surface area contributed by atoms with Gasteiger partial charge in [-0.1, -0.05) is 6.07 Å². The Bertz CT molecular complexity index is 1110. The van der Waals surface area contributed by atoms with Gasteiger partial charge in [-0.25, -0.2) is 8.42 Å². The topological polar surface area (TPSA) is 102 Å². The number of hydrogen-bond acceptors (Lipinski definition) is 5. The quantitative estimate of drug-likeness (QED) is 0.662. The molecule has 3 rings (SSSR count). The van der Waals surface area contributed by atoms with Crippen LogP contribution in [0.5, 0.6) is 5.75 Å². The second-order valence-corrected chi connectivity index (χ2v) is 7.79. The van der Waals surface area contributed by atoms with E-state index in [4.69, 9.17) is 4.74 Å². The number of aryl methyl sites for hydroxylation is 2. The number of rotatable bonds is 6. The van der Waals surface area contributed by atoms with Gasteiger partial charge in [-0.05, 0) is 48.9 Å². The monoisotopic (exact) mass is 400 g/mol. The molecule has 0 aliphatic rings. The van der Waals surface area contributed by atoms with Crippen LogP contribution in [0, 0.1) is 6.92 Å². The van der Waals surface area contributed by atoms with Crippen LogP contribution in [0.25, 0.3) is 0 Å². The molecule has 1 aromatic heterocycles. The van der Waals surface area contributed by atoms with Crippen molar-refractivity contribution in [3.05, 3.63) is 65.9 Å². The maximum atomic E-state index is 12.8. The van der Waals surface area contributed by atoms with Gasteiger partial charge in [-0.3, -0.25) is 14.2 Å². The van der Waals surface area contributed by atoms with Gasteiger partial charge in [0.15, 0.2) is 5.82 Å². The average molecular weight is 400 g/mol. The lowest BCUT2D eigenvalue weighted by Gasteiger charge is -2.12.